The lowest BCUT2D eigenvalue weighted by molar-refractivity contribution is 0.159. The summed E-state index contributed by atoms with van der Waals surface area (Å²) in [6.45, 7) is 2.81. The number of hydrogen-bond donors (Lipinski definition) is 1. The van der Waals surface area contributed by atoms with Gasteiger partial charge in [-0.3, -0.25) is 0 Å². The summed E-state index contributed by atoms with van der Waals surface area (Å²) in [5.41, 5.74) is 3.34. The van der Waals surface area contributed by atoms with E-state index in [1.807, 2.05) is 31.2 Å². The average Bonchev–Trinajstić information content (AvgIpc) is 2.92. The Balaban J connectivity index is 1.95. The van der Waals surface area contributed by atoms with Gasteiger partial charge in [0.1, 0.15) is 11.9 Å². The van der Waals surface area contributed by atoms with Crippen LogP contribution >= 0.6 is 0 Å². The van der Waals surface area contributed by atoms with Gasteiger partial charge in [0.2, 0.25) is 0 Å². The molecule has 0 radical (unpaired) electrons. The molecule has 0 bridgehead atoms. The highest BCUT2D eigenvalue weighted by molar-refractivity contribution is 5.76. The van der Waals surface area contributed by atoms with Crippen molar-refractivity contribution >= 4 is 11.0 Å². The van der Waals surface area contributed by atoms with Crippen molar-refractivity contribution < 1.29 is 5.11 Å². The maximum atomic E-state index is 10.2. The summed E-state index contributed by atoms with van der Waals surface area (Å²) in [5, 5.41) is 10.2. The van der Waals surface area contributed by atoms with Crippen LogP contribution in [0.5, 0.6) is 0 Å². The van der Waals surface area contributed by atoms with E-state index in [-0.39, 0.29) is 0 Å². The molecule has 3 nitrogen and oxygen atoms in total. The average molecular weight is 280 g/mol. The molecule has 0 unspecified atom stereocenters. The van der Waals surface area contributed by atoms with Crippen LogP contribution in [-0.2, 0) is 13.0 Å². The molecule has 0 saturated carbocycles. The Kier molecular flexibility index (Phi) is 4.02. The molecule has 1 heterocycles. The molecule has 0 aliphatic carbocycles. The summed E-state index contributed by atoms with van der Waals surface area (Å²) < 4.78 is 2.15. The van der Waals surface area contributed by atoms with Gasteiger partial charge in [0, 0.05) is 6.54 Å². The first-order chi connectivity index (χ1) is 10.3. The van der Waals surface area contributed by atoms with Gasteiger partial charge in [0.15, 0.2) is 0 Å². The maximum absolute atomic E-state index is 10.2. The van der Waals surface area contributed by atoms with Gasteiger partial charge < -0.3 is 9.67 Å². The molecule has 0 aliphatic rings. The van der Waals surface area contributed by atoms with Crippen LogP contribution in [0.1, 0.15) is 30.8 Å². The zero-order chi connectivity index (χ0) is 14.7. The second-order valence-electron chi connectivity index (χ2n) is 5.27. The van der Waals surface area contributed by atoms with E-state index in [0.29, 0.717) is 6.42 Å². The fourth-order valence-electron chi connectivity index (χ4n) is 2.65. The number of para-hydroxylation sites is 2. The van der Waals surface area contributed by atoms with Crippen LogP contribution in [0.4, 0.5) is 0 Å². The van der Waals surface area contributed by atoms with Crippen molar-refractivity contribution in [2.24, 2.45) is 0 Å². The zero-order valence-electron chi connectivity index (χ0n) is 12.2. The molecule has 108 valence electrons. The highest BCUT2D eigenvalue weighted by Crippen LogP contribution is 2.23. The normalized spacial score (nSPS) is 12.7. The SMILES string of the molecule is CC[C@@H](O)c1nc2ccccc2n1CCc1ccccc1. The lowest BCUT2D eigenvalue weighted by atomic mass is 10.1. The van der Waals surface area contributed by atoms with Gasteiger partial charge in [-0.1, -0.05) is 49.4 Å². The lowest BCUT2D eigenvalue weighted by Crippen LogP contribution is -2.10. The van der Waals surface area contributed by atoms with Gasteiger partial charge in [0.05, 0.1) is 11.0 Å². The van der Waals surface area contributed by atoms with Crippen LogP contribution in [0.15, 0.2) is 54.6 Å². The molecule has 3 heteroatoms. The van der Waals surface area contributed by atoms with Crippen LogP contribution in [0.25, 0.3) is 11.0 Å². The van der Waals surface area contributed by atoms with Crippen LogP contribution in [-0.4, -0.2) is 14.7 Å². The summed E-state index contributed by atoms with van der Waals surface area (Å²) in [6, 6.07) is 18.5. The molecule has 1 aromatic heterocycles. The number of aromatic nitrogens is 2. The standard InChI is InChI=1S/C18H20N2O/c1-2-17(21)18-19-15-10-6-7-11-16(15)20(18)13-12-14-8-4-3-5-9-14/h3-11,17,21H,2,12-13H2,1H3/t17-/m1/s1. The number of benzene rings is 2. The van der Waals surface area contributed by atoms with Crippen molar-refractivity contribution in [3.05, 3.63) is 66.0 Å². The molecule has 2 aromatic carbocycles. The molecule has 21 heavy (non-hydrogen) atoms. The molecule has 0 spiro atoms. The smallest absolute Gasteiger partial charge is 0.138 e. The fraction of sp³-hybridized carbons (Fsp3) is 0.278. The Morgan fingerprint density at radius 2 is 1.76 bits per heavy atom. The van der Waals surface area contributed by atoms with Crippen LogP contribution < -0.4 is 0 Å². The third kappa shape index (κ3) is 2.83. The Bertz CT molecular complexity index is 718. The number of aryl methyl sites for hydroxylation is 2. The summed E-state index contributed by atoms with van der Waals surface area (Å²) in [6.07, 6.45) is 1.10. The minimum absolute atomic E-state index is 0.506. The molecular weight excluding hydrogens is 260 g/mol. The molecule has 1 atom stereocenters. The Morgan fingerprint density at radius 1 is 1.05 bits per heavy atom. The first-order valence-corrected chi connectivity index (χ1v) is 7.46. The second kappa shape index (κ2) is 6.10. The molecular formula is C18H20N2O. The monoisotopic (exact) mass is 280 g/mol. The van der Waals surface area contributed by atoms with Crippen LogP contribution in [0.3, 0.4) is 0 Å². The first-order valence-electron chi connectivity index (χ1n) is 7.46. The minimum atomic E-state index is -0.506. The minimum Gasteiger partial charge on any atom is -0.385 e. The summed E-state index contributed by atoms with van der Waals surface area (Å²) >= 11 is 0. The predicted octanol–water partition coefficient (Wildman–Crippen LogP) is 3.72. The number of nitrogens with zero attached hydrogens (tertiary/aromatic N) is 2. The Morgan fingerprint density at radius 3 is 2.52 bits per heavy atom. The molecule has 0 aliphatic heterocycles. The van der Waals surface area contributed by atoms with Crippen molar-refractivity contribution in [2.75, 3.05) is 0 Å². The highest BCUT2D eigenvalue weighted by atomic mass is 16.3. The number of rotatable bonds is 5. The van der Waals surface area contributed by atoms with Crippen LogP contribution in [0.2, 0.25) is 0 Å². The van der Waals surface area contributed by atoms with Crippen molar-refractivity contribution in [1.82, 2.24) is 9.55 Å². The van der Waals surface area contributed by atoms with E-state index in [4.69, 9.17) is 0 Å². The van der Waals surface area contributed by atoms with E-state index >= 15 is 0 Å². The molecule has 0 fully saturated rings. The van der Waals surface area contributed by atoms with Crippen molar-refractivity contribution in [3.63, 3.8) is 0 Å². The third-order valence-corrected chi connectivity index (χ3v) is 3.84. The first kappa shape index (κ1) is 13.8. The van der Waals surface area contributed by atoms with Gasteiger partial charge in [-0.05, 0) is 30.5 Å². The topological polar surface area (TPSA) is 38.1 Å². The second-order valence-corrected chi connectivity index (χ2v) is 5.27. The highest BCUT2D eigenvalue weighted by Gasteiger charge is 2.16. The number of hydrogen-bond acceptors (Lipinski definition) is 2. The summed E-state index contributed by atoms with van der Waals surface area (Å²) in [7, 11) is 0. The Labute approximate surface area is 124 Å². The van der Waals surface area contributed by atoms with Gasteiger partial charge >= 0.3 is 0 Å². The van der Waals surface area contributed by atoms with Gasteiger partial charge in [-0.25, -0.2) is 4.98 Å². The van der Waals surface area contributed by atoms with Gasteiger partial charge in [-0.2, -0.15) is 0 Å². The summed E-state index contributed by atoms with van der Waals surface area (Å²) in [4.78, 5) is 4.61. The van der Waals surface area contributed by atoms with E-state index in [9.17, 15) is 5.11 Å². The maximum Gasteiger partial charge on any atom is 0.138 e. The van der Waals surface area contributed by atoms with Crippen molar-refractivity contribution in [2.45, 2.75) is 32.4 Å². The van der Waals surface area contributed by atoms with Gasteiger partial charge in [0.25, 0.3) is 0 Å². The quantitative estimate of drug-likeness (QED) is 0.773. The number of imidazole rings is 1. The molecule has 0 saturated heterocycles. The molecule has 3 aromatic rings. The van der Waals surface area contributed by atoms with Crippen LogP contribution in [0, 0.1) is 0 Å². The van der Waals surface area contributed by atoms with Crippen molar-refractivity contribution in [3.8, 4) is 0 Å². The number of fused-ring (bicyclic) bond motifs is 1. The van der Waals surface area contributed by atoms with Gasteiger partial charge in [-0.15, -0.1) is 0 Å². The third-order valence-electron chi connectivity index (χ3n) is 3.84. The fourth-order valence-corrected chi connectivity index (χ4v) is 2.65. The lowest BCUT2D eigenvalue weighted by Gasteiger charge is -2.12. The number of aliphatic hydroxyl groups is 1. The zero-order valence-corrected chi connectivity index (χ0v) is 12.2. The van der Waals surface area contributed by atoms with E-state index in [1.165, 1.54) is 5.56 Å². The molecule has 3 rings (SSSR count). The van der Waals surface area contributed by atoms with E-state index < -0.39 is 6.10 Å². The number of aliphatic hydroxyl groups excluding tert-OH is 1. The molecule has 1 N–H and O–H groups in total. The molecule has 0 amide bonds. The summed E-state index contributed by atoms with van der Waals surface area (Å²) in [5.74, 6) is 0.773. The van der Waals surface area contributed by atoms with E-state index in [0.717, 1.165) is 29.8 Å². The predicted molar refractivity (Wildman–Crippen MR) is 85.1 cm³/mol. The largest absolute Gasteiger partial charge is 0.385 e. The Hall–Kier alpha value is -2.13. The van der Waals surface area contributed by atoms with E-state index in [2.05, 4.69) is 39.9 Å². The van der Waals surface area contributed by atoms with Crippen molar-refractivity contribution in [1.29, 1.82) is 0 Å². The van der Waals surface area contributed by atoms with E-state index in [1.54, 1.807) is 0 Å².